The summed E-state index contributed by atoms with van der Waals surface area (Å²) in [6.07, 6.45) is 1.99. The van der Waals surface area contributed by atoms with Crippen LogP contribution < -0.4 is 0 Å². The zero-order valence-corrected chi connectivity index (χ0v) is 15.9. The second-order valence-corrected chi connectivity index (χ2v) is 8.98. The lowest BCUT2D eigenvalue weighted by Gasteiger charge is -2.24. The lowest BCUT2D eigenvalue weighted by atomic mass is 9.96. The van der Waals surface area contributed by atoms with Gasteiger partial charge in [-0.25, -0.2) is 8.42 Å². The first-order valence-corrected chi connectivity index (χ1v) is 10.4. The molecule has 0 bridgehead atoms. The number of carbonyl (C=O) groups excluding carboxylic acids is 1. The molecule has 5 heteroatoms. The van der Waals surface area contributed by atoms with E-state index in [-0.39, 0.29) is 23.1 Å². The van der Waals surface area contributed by atoms with Crippen molar-refractivity contribution in [3.8, 4) is 0 Å². The maximum atomic E-state index is 13.2. The van der Waals surface area contributed by atoms with Gasteiger partial charge in [0.2, 0.25) is 10.0 Å². The van der Waals surface area contributed by atoms with Gasteiger partial charge in [-0.3, -0.25) is 4.79 Å². The van der Waals surface area contributed by atoms with E-state index in [4.69, 9.17) is 0 Å². The number of fused-ring (bicyclic) bond motifs is 1. The molecule has 2 aliphatic rings. The van der Waals surface area contributed by atoms with Gasteiger partial charge in [0, 0.05) is 24.5 Å². The van der Waals surface area contributed by atoms with Crippen LogP contribution in [0.5, 0.6) is 0 Å². The van der Waals surface area contributed by atoms with Crippen LogP contribution >= 0.6 is 0 Å². The molecule has 2 aromatic rings. The van der Waals surface area contributed by atoms with Crippen LogP contribution in [0, 0.1) is 12.8 Å². The molecule has 0 amide bonds. The SMILES string of the molecule is C=C[C@@H]1[C@@H]2CC(=O)C(c3ccccc3)=C2CN1S(=O)(=O)c1ccc(C)cc1. The summed E-state index contributed by atoms with van der Waals surface area (Å²) < 4.78 is 28.0. The van der Waals surface area contributed by atoms with Crippen molar-refractivity contribution in [1.29, 1.82) is 0 Å². The summed E-state index contributed by atoms with van der Waals surface area (Å²) in [7, 11) is -3.67. The van der Waals surface area contributed by atoms with Crippen LogP contribution in [0.3, 0.4) is 0 Å². The van der Waals surface area contributed by atoms with E-state index in [2.05, 4.69) is 6.58 Å². The van der Waals surface area contributed by atoms with Gasteiger partial charge in [-0.15, -0.1) is 6.58 Å². The van der Waals surface area contributed by atoms with Gasteiger partial charge in [0.15, 0.2) is 5.78 Å². The van der Waals surface area contributed by atoms with Crippen LogP contribution in [0.4, 0.5) is 0 Å². The van der Waals surface area contributed by atoms with Crippen molar-refractivity contribution < 1.29 is 13.2 Å². The molecular formula is C22H21NO3S. The van der Waals surface area contributed by atoms with E-state index < -0.39 is 16.1 Å². The minimum absolute atomic E-state index is 0.0837. The average Bonchev–Trinajstić information content (AvgIpc) is 3.17. The van der Waals surface area contributed by atoms with Crippen molar-refractivity contribution in [3.63, 3.8) is 0 Å². The Balaban J connectivity index is 1.79. The molecule has 4 nitrogen and oxygen atoms in total. The Hall–Kier alpha value is -2.50. The highest BCUT2D eigenvalue weighted by atomic mass is 32.2. The fourth-order valence-electron chi connectivity index (χ4n) is 4.11. The van der Waals surface area contributed by atoms with Crippen LogP contribution in [0.15, 0.2) is 77.7 Å². The Kier molecular flexibility index (Phi) is 4.36. The average molecular weight is 379 g/mol. The van der Waals surface area contributed by atoms with E-state index in [0.717, 1.165) is 16.7 Å². The molecule has 0 saturated carbocycles. The molecule has 2 atom stereocenters. The van der Waals surface area contributed by atoms with E-state index in [9.17, 15) is 13.2 Å². The molecule has 0 unspecified atom stereocenters. The molecule has 1 fully saturated rings. The third kappa shape index (κ3) is 2.87. The van der Waals surface area contributed by atoms with Gasteiger partial charge >= 0.3 is 0 Å². The predicted octanol–water partition coefficient (Wildman–Crippen LogP) is 3.60. The number of sulfonamides is 1. The quantitative estimate of drug-likeness (QED) is 0.763. The molecule has 0 aromatic heterocycles. The van der Waals surface area contributed by atoms with Crippen LogP contribution in [0.25, 0.3) is 5.57 Å². The minimum Gasteiger partial charge on any atom is -0.294 e. The van der Waals surface area contributed by atoms with Gasteiger partial charge in [-0.1, -0.05) is 54.1 Å². The molecule has 138 valence electrons. The van der Waals surface area contributed by atoms with Crippen LogP contribution in [0.1, 0.15) is 17.5 Å². The third-order valence-electron chi connectivity index (χ3n) is 5.46. The number of rotatable bonds is 4. The number of allylic oxidation sites excluding steroid dienone is 1. The van der Waals surface area contributed by atoms with Gasteiger partial charge in [-0.05, 0) is 30.2 Å². The standard InChI is InChI=1S/C22H21NO3S/c1-3-20-18-13-21(24)22(16-7-5-4-6-8-16)19(18)14-23(20)27(25,26)17-11-9-15(2)10-12-17/h3-12,18,20H,1,13-14H2,2H3/t18-,20-/m1/s1. The Morgan fingerprint density at radius 1 is 1.07 bits per heavy atom. The summed E-state index contributed by atoms with van der Waals surface area (Å²) in [4.78, 5) is 12.9. The number of hydrogen-bond acceptors (Lipinski definition) is 3. The van der Waals surface area contributed by atoms with Crippen molar-refractivity contribution in [3.05, 3.63) is 84.0 Å². The Morgan fingerprint density at radius 3 is 2.37 bits per heavy atom. The summed E-state index contributed by atoms with van der Waals surface area (Å²) in [5, 5.41) is 0. The second-order valence-electron chi connectivity index (χ2n) is 7.09. The van der Waals surface area contributed by atoms with Crippen molar-refractivity contribution >= 4 is 21.4 Å². The molecule has 27 heavy (non-hydrogen) atoms. The van der Waals surface area contributed by atoms with Gasteiger partial charge in [0.1, 0.15) is 0 Å². The number of nitrogens with zero attached hydrogens (tertiary/aromatic N) is 1. The third-order valence-corrected chi connectivity index (χ3v) is 7.31. The fourth-order valence-corrected chi connectivity index (χ4v) is 5.72. The topological polar surface area (TPSA) is 54.5 Å². The second kappa shape index (κ2) is 6.59. The Morgan fingerprint density at radius 2 is 1.74 bits per heavy atom. The van der Waals surface area contributed by atoms with Gasteiger partial charge in [0.05, 0.1) is 10.9 Å². The van der Waals surface area contributed by atoms with Crippen LogP contribution in [-0.2, 0) is 14.8 Å². The van der Waals surface area contributed by atoms with Gasteiger partial charge < -0.3 is 0 Å². The highest BCUT2D eigenvalue weighted by Gasteiger charge is 2.48. The zero-order chi connectivity index (χ0) is 19.2. The molecular weight excluding hydrogens is 358 g/mol. The summed E-state index contributed by atoms with van der Waals surface area (Å²) in [5.41, 5.74) is 3.45. The highest BCUT2D eigenvalue weighted by molar-refractivity contribution is 7.89. The Labute approximate surface area is 159 Å². The first-order valence-electron chi connectivity index (χ1n) is 8.96. The maximum absolute atomic E-state index is 13.2. The first kappa shape index (κ1) is 17.9. The van der Waals surface area contributed by atoms with E-state index in [1.807, 2.05) is 37.3 Å². The van der Waals surface area contributed by atoms with Gasteiger partial charge in [-0.2, -0.15) is 4.31 Å². The first-order chi connectivity index (χ1) is 12.9. The molecule has 0 spiro atoms. The molecule has 0 N–H and O–H groups in total. The van der Waals surface area contributed by atoms with E-state index in [1.54, 1.807) is 30.3 Å². The molecule has 2 aromatic carbocycles. The molecule has 1 heterocycles. The van der Waals surface area contributed by atoms with Crippen molar-refractivity contribution in [2.75, 3.05) is 6.54 Å². The van der Waals surface area contributed by atoms with Crippen LogP contribution in [0.2, 0.25) is 0 Å². The predicted molar refractivity (Wildman–Crippen MR) is 106 cm³/mol. The number of hydrogen-bond donors (Lipinski definition) is 0. The summed E-state index contributed by atoms with van der Waals surface area (Å²) in [6, 6.07) is 16.0. The Bertz CT molecular complexity index is 1040. The lowest BCUT2D eigenvalue weighted by Crippen LogP contribution is -2.37. The van der Waals surface area contributed by atoms with E-state index in [0.29, 0.717) is 12.0 Å². The van der Waals surface area contributed by atoms with Crippen LogP contribution in [-0.4, -0.2) is 31.1 Å². The van der Waals surface area contributed by atoms with Crippen molar-refractivity contribution in [2.24, 2.45) is 5.92 Å². The van der Waals surface area contributed by atoms with E-state index in [1.165, 1.54) is 4.31 Å². The summed E-state index contributed by atoms with van der Waals surface area (Å²) >= 11 is 0. The molecule has 1 saturated heterocycles. The van der Waals surface area contributed by atoms with Gasteiger partial charge in [0.25, 0.3) is 0 Å². The smallest absolute Gasteiger partial charge is 0.243 e. The largest absolute Gasteiger partial charge is 0.294 e. The highest BCUT2D eigenvalue weighted by Crippen LogP contribution is 2.45. The zero-order valence-electron chi connectivity index (χ0n) is 15.1. The maximum Gasteiger partial charge on any atom is 0.243 e. The molecule has 1 aliphatic carbocycles. The number of aryl methyl sites for hydroxylation is 1. The fraction of sp³-hybridized carbons (Fsp3) is 0.227. The van der Waals surface area contributed by atoms with E-state index >= 15 is 0 Å². The van der Waals surface area contributed by atoms with Crippen molar-refractivity contribution in [1.82, 2.24) is 4.31 Å². The number of ketones is 1. The van der Waals surface area contributed by atoms with Crippen molar-refractivity contribution in [2.45, 2.75) is 24.3 Å². The molecule has 4 rings (SSSR count). The summed E-state index contributed by atoms with van der Waals surface area (Å²) in [6.45, 7) is 6.01. The molecule has 0 radical (unpaired) electrons. The number of Topliss-reactive ketones (excluding diaryl/α,β-unsaturated/α-hetero) is 1. The number of benzene rings is 2. The normalized spacial score (nSPS) is 22.9. The summed E-state index contributed by atoms with van der Waals surface area (Å²) in [5.74, 6) is -0.0501. The minimum atomic E-state index is -3.67. The lowest BCUT2D eigenvalue weighted by molar-refractivity contribution is -0.113. The number of carbonyl (C=O) groups is 1. The monoisotopic (exact) mass is 379 g/mol. The molecule has 1 aliphatic heterocycles.